The number of hydrogen-bond acceptors (Lipinski definition) is 5. The molecule has 6 nitrogen and oxygen atoms in total. The molecule has 1 aliphatic rings. The number of aliphatic hydroxyl groups excluding tert-OH is 1. The number of ether oxygens (including phenoxy) is 1. The summed E-state index contributed by atoms with van der Waals surface area (Å²) in [5, 5.41) is 18.3. The molecular weight excluding hydrogens is 631 g/mol. The van der Waals surface area contributed by atoms with Gasteiger partial charge < -0.3 is 25.4 Å². The minimum absolute atomic E-state index is 0.0908. The molecule has 0 bridgehead atoms. The van der Waals surface area contributed by atoms with Crippen molar-refractivity contribution in [2.24, 2.45) is 47.3 Å². The number of benzene rings is 1. The molecule has 0 spiro atoms. The van der Waals surface area contributed by atoms with E-state index in [2.05, 4.69) is 97.9 Å². The summed E-state index contributed by atoms with van der Waals surface area (Å²) in [6.45, 7) is 38.9. The number of likely N-dealkylation sites (tertiary alicyclic amines) is 1. The Morgan fingerprint density at radius 3 is 2.02 bits per heavy atom. The van der Waals surface area contributed by atoms with E-state index in [0.717, 1.165) is 55.6 Å². The van der Waals surface area contributed by atoms with E-state index in [1.807, 2.05) is 37.3 Å². The molecule has 0 radical (unpaired) electrons. The summed E-state index contributed by atoms with van der Waals surface area (Å²) in [5.74, 6) is 2.47. The van der Waals surface area contributed by atoms with Gasteiger partial charge in [-0.2, -0.15) is 0 Å². The normalized spacial score (nSPS) is 20.8. The molecule has 290 valence electrons. The van der Waals surface area contributed by atoms with Crippen molar-refractivity contribution in [2.75, 3.05) is 13.7 Å². The van der Waals surface area contributed by atoms with Gasteiger partial charge in [0.2, 0.25) is 5.91 Å². The topological polar surface area (TPSA) is 73.8 Å². The summed E-state index contributed by atoms with van der Waals surface area (Å²) >= 11 is 0. The SMILES string of the molecule is C=C(N[C@H](C(=C)C(C)[C@@H]([C@@H](C)CC)[C@@H](CC(=O)N1CCC[C@H]1[C@H](CC)[C@@H](C)C(=C)N[C@@H](C)C(O)c1ccccc1)OC)C(C)C)[C@@H](CC)C(C)C. The van der Waals surface area contributed by atoms with Gasteiger partial charge in [0, 0.05) is 43.1 Å². The third-order valence-corrected chi connectivity index (χ3v) is 12.5. The van der Waals surface area contributed by atoms with Crippen LogP contribution in [-0.2, 0) is 9.53 Å². The molecule has 1 saturated heterocycles. The smallest absolute Gasteiger partial charge is 0.225 e. The fourth-order valence-electron chi connectivity index (χ4n) is 8.97. The van der Waals surface area contributed by atoms with Crippen molar-refractivity contribution in [1.29, 1.82) is 0 Å². The molecule has 51 heavy (non-hydrogen) atoms. The van der Waals surface area contributed by atoms with Crippen molar-refractivity contribution in [3.05, 3.63) is 72.6 Å². The van der Waals surface area contributed by atoms with Crippen LogP contribution in [0, 0.1) is 47.3 Å². The van der Waals surface area contributed by atoms with E-state index in [4.69, 9.17) is 11.3 Å². The number of nitrogens with zero attached hydrogens (tertiary/aromatic N) is 1. The average Bonchev–Trinajstić information content (AvgIpc) is 3.59. The van der Waals surface area contributed by atoms with Crippen LogP contribution < -0.4 is 10.6 Å². The number of hydrogen-bond donors (Lipinski definition) is 3. The first-order chi connectivity index (χ1) is 24.0. The molecule has 2 unspecified atom stereocenters. The minimum atomic E-state index is -0.638. The fourth-order valence-corrected chi connectivity index (χ4v) is 8.97. The molecule has 11 atom stereocenters. The lowest BCUT2D eigenvalue weighted by molar-refractivity contribution is -0.137. The van der Waals surface area contributed by atoms with Gasteiger partial charge in [0.15, 0.2) is 0 Å². The van der Waals surface area contributed by atoms with Gasteiger partial charge in [-0.25, -0.2) is 0 Å². The molecule has 1 fully saturated rings. The Labute approximate surface area is 314 Å². The van der Waals surface area contributed by atoms with Crippen LogP contribution in [0.3, 0.4) is 0 Å². The number of carbonyl (C=O) groups is 1. The zero-order chi connectivity index (χ0) is 38.6. The van der Waals surface area contributed by atoms with Crippen LogP contribution >= 0.6 is 0 Å². The largest absolute Gasteiger partial charge is 0.386 e. The molecule has 3 N–H and O–H groups in total. The maximum absolute atomic E-state index is 14.4. The Morgan fingerprint density at radius 2 is 1.51 bits per heavy atom. The second-order valence-corrected chi connectivity index (χ2v) is 16.4. The highest BCUT2D eigenvalue weighted by Gasteiger charge is 2.41. The summed E-state index contributed by atoms with van der Waals surface area (Å²) in [7, 11) is 1.77. The van der Waals surface area contributed by atoms with Gasteiger partial charge in [-0.15, -0.1) is 0 Å². The van der Waals surface area contributed by atoms with E-state index in [0.29, 0.717) is 30.1 Å². The van der Waals surface area contributed by atoms with Gasteiger partial charge in [0.25, 0.3) is 0 Å². The zero-order valence-corrected chi connectivity index (χ0v) is 34.7. The van der Waals surface area contributed by atoms with Crippen LogP contribution in [0.1, 0.15) is 126 Å². The number of rotatable bonds is 23. The molecule has 2 rings (SSSR count). The Kier molecular flexibility index (Phi) is 18.5. The van der Waals surface area contributed by atoms with Crippen LogP contribution in [0.4, 0.5) is 0 Å². The van der Waals surface area contributed by atoms with Crippen LogP contribution in [-0.4, -0.2) is 53.8 Å². The molecule has 0 aliphatic carbocycles. The van der Waals surface area contributed by atoms with E-state index in [9.17, 15) is 9.90 Å². The number of nitrogens with one attached hydrogen (secondary N) is 2. The van der Waals surface area contributed by atoms with Crippen LogP contribution in [0.5, 0.6) is 0 Å². The van der Waals surface area contributed by atoms with E-state index >= 15 is 0 Å². The standard InChI is InChI=1S/C45H77N3O3/c1-16-30(8)43(31(9)32(10)44(29(6)7)47-35(13)38(17-2)28(4)5)41(51-15)27-42(49)48-26-22-25-40(48)39(18-3)33(11)34(12)46-36(14)45(50)37-23-20-19-21-24-37/h19-21,23-24,28-31,33,36,38-41,43-47,50H,10,12-13,16-18,22,25-27H2,1-9,11,14-15H3/t30-,31?,33-,36-,38-,39+,40-,41+,43+,44-,45?/m0/s1. The molecule has 1 aromatic rings. The number of aliphatic hydroxyl groups is 1. The highest BCUT2D eigenvalue weighted by Crippen LogP contribution is 2.39. The Bertz CT molecular complexity index is 1230. The first-order valence-corrected chi connectivity index (χ1v) is 20.2. The summed E-state index contributed by atoms with van der Waals surface area (Å²) < 4.78 is 6.28. The Morgan fingerprint density at radius 1 is 0.882 bits per heavy atom. The Hall–Kier alpha value is -2.57. The maximum atomic E-state index is 14.4. The lowest BCUT2D eigenvalue weighted by Gasteiger charge is -2.41. The second-order valence-electron chi connectivity index (χ2n) is 16.4. The molecule has 0 saturated carbocycles. The molecular formula is C45H77N3O3. The van der Waals surface area contributed by atoms with Crippen molar-refractivity contribution in [3.8, 4) is 0 Å². The highest BCUT2D eigenvalue weighted by molar-refractivity contribution is 5.77. The predicted octanol–water partition coefficient (Wildman–Crippen LogP) is 9.93. The van der Waals surface area contributed by atoms with Gasteiger partial charge in [0.1, 0.15) is 0 Å². The van der Waals surface area contributed by atoms with Crippen LogP contribution in [0.15, 0.2) is 67.0 Å². The van der Waals surface area contributed by atoms with Gasteiger partial charge in [-0.1, -0.05) is 138 Å². The first kappa shape index (κ1) is 44.6. The van der Waals surface area contributed by atoms with E-state index < -0.39 is 6.10 Å². The first-order valence-electron chi connectivity index (χ1n) is 20.2. The lowest BCUT2D eigenvalue weighted by atomic mass is 9.71. The van der Waals surface area contributed by atoms with Gasteiger partial charge in [0.05, 0.1) is 24.7 Å². The van der Waals surface area contributed by atoms with Crippen LogP contribution in [0.25, 0.3) is 0 Å². The number of amides is 1. The maximum Gasteiger partial charge on any atom is 0.225 e. The summed E-state index contributed by atoms with van der Waals surface area (Å²) in [6, 6.07) is 9.81. The summed E-state index contributed by atoms with van der Waals surface area (Å²) in [4.78, 5) is 16.5. The van der Waals surface area contributed by atoms with Crippen molar-refractivity contribution >= 4 is 5.91 Å². The van der Waals surface area contributed by atoms with Crippen molar-refractivity contribution < 1.29 is 14.6 Å². The fraction of sp³-hybridized carbons (Fsp3) is 0.711. The second kappa shape index (κ2) is 21.2. The number of methoxy groups -OCH3 is 1. The monoisotopic (exact) mass is 708 g/mol. The van der Waals surface area contributed by atoms with E-state index in [-0.39, 0.29) is 53.8 Å². The molecule has 1 aromatic carbocycles. The average molecular weight is 708 g/mol. The molecule has 6 heteroatoms. The molecule has 1 aliphatic heterocycles. The zero-order valence-electron chi connectivity index (χ0n) is 34.7. The number of allylic oxidation sites excluding steroid dienone is 2. The summed E-state index contributed by atoms with van der Waals surface area (Å²) in [6.07, 6.45) is 4.50. The van der Waals surface area contributed by atoms with Crippen LogP contribution in [0.2, 0.25) is 0 Å². The van der Waals surface area contributed by atoms with Crippen molar-refractivity contribution in [1.82, 2.24) is 15.5 Å². The summed E-state index contributed by atoms with van der Waals surface area (Å²) in [5.41, 5.74) is 4.06. The minimum Gasteiger partial charge on any atom is -0.386 e. The Balaban J connectivity index is 2.24. The van der Waals surface area contributed by atoms with Gasteiger partial charge in [-0.05, 0) is 73.2 Å². The van der Waals surface area contributed by atoms with Gasteiger partial charge >= 0.3 is 0 Å². The predicted molar refractivity (Wildman–Crippen MR) is 217 cm³/mol. The molecule has 1 amide bonds. The lowest BCUT2D eigenvalue weighted by Crippen LogP contribution is -2.47. The quantitative estimate of drug-likeness (QED) is 0.0988. The third kappa shape index (κ3) is 11.7. The molecule has 1 heterocycles. The van der Waals surface area contributed by atoms with Gasteiger partial charge in [-0.3, -0.25) is 4.79 Å². The van der Waals surface area contributed by atoms with Crippen molar-refractivity contribution in [2.45, 2.75) is 145 Å². The highest BCUT2D eigenvalue weighted by atomic mass is 16.5. The third-order valence-electron chi connectivity index (χ3n) is 12.5. The molecule has 0 aromatic heterocycles. The van der Waals surface area contributed by atoms with E-state index in [1.165, 1.54) is 5.57 Å². The number of carbonyl (C=O) groups excluding carboxylic acids is 1. The van der Waals surface area contributed by atoms with E-state index in [1.54, 1.807) is 7.11 Å². The van der Waals surface area contributed by atoms with Crippen molar-refractivity contribution in [3.63, 3.8) is 0 Å².